The monoisotopic (exact) mass is 329 g/mol. The first-order valence-electron chi connectivity index (χ1n) is 7.82. The quantitative estimate of drug-likeness (QED) is 0.820. The summed E-state index contributed by atoms with van der Waals surface area (Å²) in [6.45, 7) is 1.39. The van der Waals surface area contributed by atoms with E-state index in [2.05, 4.69) is 10.6 Å². The van der Waals surface area contributed by atoms with E-state index in [1.165, 1.54) is 31.2 Å². The lowest BCUT2D eigenvalue weighted by molar-refractivity contribution is -0.127. The molecule has 0 radical (unpaired) electrons. The number of hydrogen-bond donors (Lipinski definition) is 2. The number of carbonyl (C=O) groups is 3. The smallest absolute Gasteiger partial charge is 0.338 e. The summed E-state index contributed by atoms with van der Waals surface area (Å²) < 4.78 is 5.03. The number of nitrogens with one attached hydrogen (secondary N) is 2. The van der Waals surface area contributed by atoms with Gasteiger partial charge in [-0.3, -0.25) is 10.1 Å². The molecule has 1 aromatic rings. The first-order chi connectivity index (χ1) is 11.5. The van der Waals surface area contributed by atoms with Gasteiger partial charge in [-0.2, -0.15) is 5.26 Å². The number of nitrogens with zero attached hydrogens (tertiary/aromatic N) is 1. The molecular formula is C17H19N3O4. The third kappa shape index (κ3) is 4.81. The zero-order valence-electron chi connectivity index (χ0n) is 13.4. The fourth-order valence-corrected chi connectivity index (χ4v) is 2.47. The standard InChI is InChI=1S/C17H19N3O4/c1-11(15(21)20-17(23)19-14-4-2-3-5-14)24-16(22)13-8-6-12(10-18)7-9-13/h6-9,11,14H,2-5H2,1H3,(H2,19,20,21,23)/t11-/m0/s1. The van der Waals surface area contributed by atoms with Crippen LogP contribution >= 0.6 is 0 Å². The van der Waals surface area contributed by atoms with Gasteiger partial charge in [-0.25, -0.2) is 9.59 Å². The van der Waals surface area contributed by atoms with Crippen molar-refractivity contribution < 1.29 is 19.1 Å². The fourth-order valence-electron chi connectivity index (χ4n) is 2.47. The molecule has 2 N–H and O–H groups in total. The SMILES string of the molecule is C[C@H](OC(=O)c1ccc(C#N)cc1)C(=O)NC(=O)NC1CCCC1. The van der Waals surface area contributed by atoms with E-state index in [4.69, 9.17) is 10.00 Å². The van der Waals surface area contributed by atoms with Gasteiger partial charge in [0.05, 0.1) is 17.2 Å². The summed E-state index contributed by atoms with van der Waals surface area (Å²) in [6, 6.07) is 7.31. The molecule has 126 valence electrons. The molecule has 1 aromatic carbocycles. The molecule has 1 saturated carbocycles. The lowest BCUT2D eigenvalue weighted by Crippen LogP contribution is -2.47. The average molecular weight is 329 g/mol. The highest BCUT2D eigenvalue weighted by molar-refractivity contribution is 5.98. The molecule has 0 unspecified atom stereocenters. The number of nitriles is 1. The van der Waals surface area contributed by atoms with E-state index in [1.54, 1.807) is 0 Å². The van der Waals surface area contributed by atoms with Gasteiger partial charge >= 0.3 is 12.0 Å². The second-order valence-electron chi connectivity index (χ2n) is 5.68. The lowest BCUT2D eigenvalue weighted by Gasteiger charge is -2.15. The summed E-state index contributed by atoms with van der Waals surface area (Å²) in [5.74, 6) is -1.38. The van der Waals surface area contributed by atoms with Gasteiger partial charge in [0, 0.05) is 6.04 Å². The zero-order chi connectivity index (χ0) is 17.5. The molecule has 0 heterocycles. The number of imide groups is 1. The Morgan fingerprint density at radius 1 is 1.21 bits per heavy atom. The summed E-state index contributed by atoms with van der Waals surface area (Å²) in [5, 5.41) is 13.6. The maximum atomic E-state index is 11.9. The van der Waals surface area contributed by atoms with E-state index in [0.717, 1.165) is 25.7 Å². The molecule has 2 rings (SSSR count). The van der Waals surface area contributed by atoms with E-state index in [1.807, 2.05) is 6.07 Å². The minimum atomic E-state index is -1.11. The maximum absolute atomic E-state index is 11.9. The molecule has 0 spiro atoms. The highest BCUT2D eigenvalue weighted by atomic mass is 16.5. The minimum absolute atomic E-state index is 0.0919. The minimum Gasteiger partial charge on any atom is -0.449 e. The number of carbonyl (C=O) groups excluding carboxylic acids is 3. The lowest BCUT2D eigenvalue weighted by atomic mass is 10.1. The molecule has 0 aromatic heterocycles. The molecule has 24 heavy (non-hydrogen) atoms. The van der Waals surface area contributed by atoms with E-state index < -0.39 is 24.0 Å². The second-order valence-corrected chi connectivity index (χ2v) is 5.68. The van der Waals surface area contributed by atoms with Gasteiger partial charge in [-0.15, -0.1) is 0 Å². The Morgan fingerprint density at radius 3 is 2.42 bits per heavy atom. The van der Waals surface area contributed by atoms with Gasteiger partial charge in [0.25, 0.3) is 5.91 Å². The van der Waals surface area contributed by atoms with Gasteiger partial charge < -0.3 is 10.1 Å². The van der Waals surface area contributed by atoms with Gasteiger partial charge in [0.1, 0.15) is 0 Å². The Labute approximate surface area is 140 Å². The molecular weight excluding hydrogens is 310 g/mol. The highest BCUT2D eigenvalue weighted by Gasteiger charge is 2.23. The third-order valence-electron chi connectivity index (χ3n) is 3.83. The van der Waals surface area contributed by atoms with Crippen LogP contribution in [0.3, 0.4) is 0 Å². The summed E-state index contributed by atoms with van der Waals surface area (Å²) in [7, 11) is 0. The van der Waals surface area contributed by atoms with Crippen LogP contribution in [0.15, 0.2) is 24.3 Å². The van der Waals surface area contributed by atoms with Crippen molar-refractivity contribution in [3.05, 3.63) is 35.4 Å². The average Bonchev–Trinajstić information content (AvgIpc) is 3.07. The molecule has 0 bridgehead atoms. The number of benzene rings is 1. The molecule has 3 amide bonds. The third-order valence-corrected chi connectivity index (χ3v) is 3.83. The number of urea groups is 1. The van der Waals surface area contributed by atoms with E-state index in [9.17, 15) is 14.4 Å². The largest absolute Gasteiger partial charge is 0.449 e. The molecule has 7 nitrogen and oxygen atoms in total. The van der Waals surface area contributed by atoms with Crippen LogP contribution in [0.5, 0.6) is 0 Å². The molecule has 1 atom stereocenters. The summed E-state index contributed by atoms with van der Waals surface area (Å²) in [4.78, 5) is 35.6. The van der Waals surface area contributed by atoms with Crippen LogP contribution in [0.1, 0.15) is 48.5 Å². The highest BCUT2D eigenvalue weighted by Crippen LogP contribution is 2.17. The Balaban J connectivity index is 1.82. The molecule has 7 heteroatoms. The van der Waals surface area contributed by atoms with Crippen molar-refractivity contribution in [1.29, 1.82) is 5.26 Å². The zero-order valence-corrected chi connectivity index (χ0v) is 13.4. The Morgan fingerprint density at radius 2 is 1.83 bits per heavy atom. The van der Waals surface area contributed by atoms with Crippen LogP contribution in [-0.4, -0.2) is 30.1 Å². The first kappa shape index (κ1) is 17.5. The van der Waals surface area contributed by atoms with Crippen LogP contribution in [0, 0.1) is 11.3 Å². The predicted octanol–water partition coefficient (Wildman–Crippen LogP) is 1.87. The van der Waals surface area contributed by atoms with Crippen LogP contribution in [-0.2, 0) is 9.53 Å². The maximum Gasteiger partial charge on any atom is 0.338 e. The molecule has 1 fully saturated rings. The summed E-state index contributed by atoms with van der Waals surface area (Å²) in [6.07, 6.45) is 2.84. The van der Waals surface area contributed by atoms with Gasteiger partial charge in [0.15, 0.2) is 6.10 Å². The normalized spacial score (nSPS) is 15.2. The number of esters is 1. The van der Waals surface area contributed by atoms with Crippen molar-refractivity contribution in [1.82, 2.24) is 10.6 Å². The van der Waals surface area contributed by atoms with Crippen molar-refractivity contribution in [3.8, 4) is 6.07 Å². The molecule has 0 saturated heterocycles. The molecule has 0 aliphatic heterocycles. The Hall–Kier alpha value is -2.88. The van der Waals surface area contributed by atoms with Gasteiger partial charge in [-0.05, 0) is 44.0 Å². The number of rotatable bonds is 4. The van der Waals surface area contributed by atoms with Crippen molar-refractivity contribution >= 4 is 17.9 Å². The molecule has 1 aliphatic carbocycles. The van der Waals surface area contributed by atoms with Gasteiger partial charge in [-0.1, -0.05) is 12.8 Å². The topological polar surface area (TPSA) is 108 Å². The van der Waals surface area contributed by atoms with Crippen molar-refractivity contribution in [2.75, 3.05) is 0 Å². The molecule has 1 aliphatic rings. The van der Waals surface area contributed by atoms with E-state index in [0.29, 0.717) is 5.56 Å². The van der Waals surface area contributed by atoms with Crippen molar-refractivity contribution in [2.45, 2.75) is 44.8 Å². The first-order valence-corrected chi connectivity index (χ1v) is 7.82. The van der Waals surface area contributed by atoms with E-state index in [-0.39, 0.29) is 11.6 Å². The van der Waals surface area contributed by atoms with E-state index >= 15 is 0 Å². The predicted molar refractivity (Wildman–Crippen MR) is 85.0 cm³/mol. The number of amides is 3. The summed E-state index contributed by atoms with van der Waals surface area (Å²) >= 11 is 0. The number of hydrogen-bond acceptors (Lipinski definition) is 5. The number of ether oxygens (including phenoxy) is 1. The van der Waals surface area contributed by atoms with Crippen LogP contribution in [0.4, 0.5) is 4.79 Å². The van der Waals surface area contributed by atoms with Crippen molar-refractivity contribution in [3.63, 3.8) is 0 Å². The van der Waals surface area contributed by atoms with Crippen LogP contribution in [0.2, 0.25) is 0 Å². The Bertz CT molecular complexity index is 657. The van der Waals surface area contributed by atoms with Crippen molar-refractivity contribution in [2.24, 2.45) is 0 Å². The van der Waals surface area contributed by atoms with Crippen LogP contribution in [0.25, 0.3) is 0 Å². The summed E-state index contributed by atoms with van der Waals surface area (Å²) in [5.41, 5.74) is 0.644. The van der Waals surface area contributed by atoms with Gasteiger partial charge in [0.2, 0.25) is 0 Å². The Kier molecular flexibility index (Phi) is 5.90. The fraction of sp³-hybridized carbons (Fsp3) is 0.412. The van der Waals surface area contributed by atoms with Crippen LogP contribution < -0.4 is 10.6 Å². The second kappa shape index (κ2) is 8.11.